The van der Waals surface area contributed by atoms with Gasteiger partial charge in [0.05, 0.1) is 24.1 Å². The van der Waals surface area contributed by atoms with Crippen LogP contribution in [0.15, 0.2) is 93.5 Å². The number of hydrogen-bond acceptors (Lipinski definition) is 2. The Balaban J connectivity index is 0.00000507. The van der Waals surface area contributed by atoms with Crippen LogP contribution in [0.4, 0.5) is 0 Å². The number of benzene rings is 3. The molecule has 0 heterocycles. The van der Waals surface area contributed by atoms with Gasteiger partial charge in [0, 0.05) is 0 Å². The summed E-state index contributed by atoms with van der Waals surface area (Å²) < 4.78 is 12.1. The molecule has 0 N–H and O–H groups in total. The average Bonchev–Trinajstić information content (AvgIpc) is 2.94. The first-order valence-corrected chi connectivity index (χ1v) is 15.8. The highest BCUT2D eigenvalue weighted by Gasteiger charge is 2.28. The van der Waals surface area contributed by atoms with E-state index in [4.69, 9.17) is 9.47 Å². The highest BCUT2D eigenvalue weighted by atomic mass is 32.2. The second-order valence-corrected chi connectivity index (χ2v) is 11.8. The van der Waals surface area contributed by atoms with E-state index in [1.807, 2.05) is 0 Å². The molecule has 0 aliphatic heterocycles. The summed E-state index contributed by atoms with van der Waals surface area (Å²) in [7, 11) is -0.167. The van der Waals surface area contributed by atoms with Crippen LogP contribution >= 0.6 is 0 Å². The van der Waals surface area contributed by atoms with Crippen LogP contribution in [0.1, 0.15) is 98.3 Å². The first kappa shape index (κ1) is 31.8. The Bertz CT molecular complexity index is 892. The zero-order valence-corrected chi connectivity index (χ0v) is 23.9. The maximum absolute atomic E-state index is 6.03. The SMILES string of the molecule is C.CCCCCCCCOc1ccc([S+](c2ccccc2)c2ccc(OCCCCCCCC)cc2)cc1. The molecule has 3 aromatic carbocycles. The summed E-state index contributed by atoms with van der Waals surface area (Å²) in [6, 6.07) is 28.3. The fourth-order valence-electron chi connectivity index (χ4n) is 4.45. The van der Waals surface area contributed by atoms with Crippen LogP contribution in [-0.2, 0) is 10.9 Å². The second kappa shape index (κ2) is 19.6. The van der Waals surface area contributed by atoms with Crippen LogP contribution < -0.4 is 9.47 Å². The molecule has 2 nitrogen and oxygen atoms in total. The van der Waals surface area contributed by atoms with Gasteiger partial charge < -0.3 is 9.47 Å². The standard InChI is InChI=1S/C34H47O2S.CH4/c1-3-5-7-9-11-16-28-35-30-20-24-33(25-21-30)37(32-18-14-13-15-19-32)34-26-22-31(23-27-34)36-29-17-12-10-8-6-4-2;/h13-15,18-27H,3-12,16-17,28-29H2,1-2H3;1H4/q+1;. The minimum Gasteiger partial charge on any atom is -0.494 e. The van der Waals surface area contributed by atoms with E-state index in [2.05, 4.69) is 92.7 Å². The van der Waals surface area contributed by atoms with Crippen molar-refractivity contribution in [1.82, 2.24) is 0 Å². The van der Waals surface area contributed by atoms with Crippen LogP contribution in [0.25, 0.3) is 0 Å². The largest absolute Gasteiger partial charge is 0.494 e. The van der Waals surface area contributed by atoms with E-state index in [-0.39, 0.29) is 18.3 Å². The molecule has 0 spiro atoms. The van der Waals surface area contributed by atoms with Gasteiger partial charge in [-0.25, -0.2) is 0 Å². The molecule has 3 heteroatoms. The van der Waals surface area contributed by atoms with Crippen molar-refractivity contribution in [3.63, 3.8) is 0 Å². The van der Waals surface area contributed by atoms with Crippen molar-refractivity contribution in [3.8, 4) is 11.5 Å². The van der Waals surface area contributed by atoms with Crippen molar-refractivity contribution in [2.24, 2.45) is 0 Å². The van der Waals surface area contributed by atoms with Crippen molar-refractivity contribution in [3.05, 3.63) is 78.9 Å². The molecule has 0 aromatic heterocycles. The number of rotatable bonds is 19. The second-order valence-electron chi connectivity index (χ2n) is 9.79. The van der Waals surface area contributed by atoms with Crippen molar-refractivity contribution in [1.29, 1.82) is 0 Å². The molecule has 3 aromatic rings. The highest BCUT2D eigenvalue weighted by Crippen LogP contribution is 2.33. The zero-order valence-electron chi connectivity index (χ0n) is 23.1. The van der Waals surface area contributed by atoms with Gasteiger partial charge >= 0.3 is 0 Å². The molecule has 0 atom stereocenters. The fraction of sp³-hybridized carbons (Fsp3) is 0.486. The number of hydrogen-bond donors (Lipinski definition) is 0. The first-order chi connectivity index (χ1) is 18.3. The molecule has 208 valence electrons. The smallest absolute Gasteiger partial charge is 0.166 e. The molecule has 3 rings (SSSR count). The summed E-state index contributed by atoms with van der Waals surface area (Å²) >= 11 is 0. The van der Waals surface area contributed by atoms with E-state index >= 15 is 0 Å². The van der Waals surface area contributed by atoms with E-state index in [0.717, 1.165) is 37.6 Å². The third-order valence-corrected chi connectivity index (χ3v) is 8.86. The van der Waals surface area contributed by atoms with E-state index in [0.29, 0.717) is 0 Å². The molecule has 0 radical (unpaired) electrons. The molecule has 0 unspecified atom stereocenters. The normalized spacial score (nSPS) is 10.8. The summed E-state index contributed by atoms with van der Waals surface area (Å²) in [5.41, 5.74) is 0. The van der Waals surface area contributed by atoms with Gasteiger partial charge in [0.25, 0.3) is 0 Å². The summed E-state index contributed by atoms with van der Waals surface area (Å²) in [6.45, 7) is 6.13. The fourth-order valence-corrected chi connectivity index (χ4v) is 6.52. The van der Waals surface area contributed by atoms with Crippen molar-refractivity contribution < 1.29 is 9.47 Å². The van der Waals surface area contributed by atoms with Crippen molar-refractivity contribution in [2.75, 3.05) is 13.2 Å². The van der Waals surface area contributed by atoms with Gasteiger partial charge in [0.15, 0.2) is 14.7 Å². The predicted molar refractivity (Wildman–Crippen MR) is 166 cm³/mol. The van der Waals surface area contributed by atoms with Gasteiger partial charge in [-0.2, -0.15) is 0 Å². The lowest BCUT2D eigenvalue weighted by Crippen LogP contribution is -2.05. The van der Waals surface area contributed by atoms with Gasteiger partial charge in [-0.15, -0.1) is 0 Å². The Hall–Kier alpha value is -2.39. The Labute approximate surface area is 236 Å². The molecule has 38 heavy (non-hydrogen) atoms. The van der Waals surface area contributed by atoms with Gasteiger partial charge in [0.2, 0.25) is 0 Å². The van der Waals surface area contributed by atoms with E-state index < -0.39 is 0 Å². The molecule has 0 saturated carbocycles. The van der Waals surface area contributed by atoms with Crippen LogP contribution in [0.2, 0.25) is 0 Å². The van der Waals surface area contributed by atoms with Crippen LogP contribution in [0.3, 0.4) is 0 Å². The Kier molecular flexibility index (Phi) is 16.5. The van der Waals surface area contributed by atoms with E-state index in [9.17, 15) is 0 Å². The maximum atomic E-state index is 6.03. The minimum atomic E-state index is -0.167. The summed E-state index contributed by atoms with van der Waals surface area (Å²) in [5, 5.41) is 0. The molecule has 0 amide bonds. The summed E-state index contributed by atoms with van der Waals surface area (Å²) in [5.74, 6) is 1.93. The van der Waals surface area contributed by atoms with E-state index in [1.165, 1.54) is 78.9 Å². The lowest BCUT2D eigenvalue weighted by Gasteiger charge is -2.11. The summed E-state index contributed by atoms with van der Waals surface area (Å²) in [6.07, 6.45) is 15.4. The number of unbranched alkanes of at least 4 members (excludes halogenated alkanes) is 10. The van der Waals surface area contributed by atoms with Gasteiger partial charge in [-0.3, -0.25) is 0 Å². The summed E-state index contributed by atoms with van der Waals surface area (Å²) in [4.78, 5) is 3.93. The molecular formula is C35H51O2S+. The van der Waals surface area contributed by atoms with Crippen molar-refractivity contribution >= 4 is 10.9 Å². The van der Waals surface area contributed by atoms with Crippen LogP contribution in [0.5, 0.6) is 11.5 Å². The monoisotopic (exact) mass is 535 g/mol. The average molecular weight is 536 g/mol. The third-order valence-electron chi connectivity index (χ3n) is 6.63. The molecule has 0 aliphatic carbocycles. The quantitative estimate of drug-likeness (QED) is 0.112. The van der Waals surface area contributed by atoms with Gasteiger partial charge in [-0.05, 0) is 73.5 Å². The predicted octanol–water partition coefficient (Wildman–Crippen LogP) is 10.9. The Morgan fingerprint density at radius 2 is 0.816 bits per heavy atom. The van der Waals surface area contributed by atoms with Gasteiger partial charge in [0.1, 0.15) is 11.5 Å². The van der Waals surface area contributed by atoms with Crippen LogP contribution in [0, 0.1) is 0 Å². The first-order valence-electron chi connectivity index (χ1n) is 14.6. The molecule has 0 bridgehead atoms. The molecule has 0 saturated heterocycles. The lowest BCUT2D eigenvalue weighted by atomic mass is 10.1. The Morgan fingerprint density at radius 1 is 0.447 bits per heavy atom. The van der Waals surface area contributed by atoms with Crippen molar-refractivity contribution in [2.45, 2.75) is 113 Å². The Morgan fingerprint density at radius 3 is 1.24 bits per heavy atom. The maximum Gasteiger partial charge on any atom is 0.166 e. The third kappa shape index (κ3) is 11.6. The van der Waals surface area contributed by atoms with Crippen LogP contribution in [-0.4, -0.2) is 13.2 Å². The lowest BCUT2D eigenvalue weighted by molar-refractivity contribution is 0.304. The molecule has 0 aliphatic rings. The minimum absolute atomic E-state index is 0. The van der Waals surface area contributed by atoms with E-state index in [1.54, 1.807) is 0 Å². The zero-order chi connectivity index (χ0) is 26.0. The molecule has 0 fully saturated rings. The topological polar surface area (TPSA) is 18.5 Å². The number of ether oxygens (including phenoxy) is 2. The highest BCUT2D eigenvalue weighted by molar-refractivity contribution is 7.97. The molecular weight excluding hydrogens is 484 g/mol. The van der Waals surface area contributed by atoms with Gasteiger partial charge in [-0.1, -0.05) is 104 Å².